The molecular weight excluding hydrogens is 205 g/mol. The number of nitrogens with one attached hydrogen (secondary N) is 1. The van der Waals surface area contributed by atoms with E-state index in [4.69, 9.17) is 0 Å². The first-order chi connectivity index (χ1) is 7.75. The van der Waals surface area contributed by atoms with E-state index in [0.717, 1.165) is 19.4 Å². The topological polar surface area (TPSA) is 29.1 Å². The standard InChI is InChI=1S/C13H16FNO/c14-13-6-2-1-4-10(13)8-12(16)9-11-5-3-7-15-11/h1-2,4,6,11,15H,3,5,7-9H2. The van der Waals surface area contributed by atoms with Crippen LogP contribution in [-0.2, 0) is 11.2 Å². The molecule has 1 aromatic rings. The van der Waals surface area contributed by atoms with E-state index < -0.39 is 0 Å². The number of carbonyl (C=O) groups excluding carboxylic acids is 1. The zero-order valence-electron chi connectivity index (χ0n) is 9.21. The summed E-state index contributed by atoms with van der Waals surface area (Å²) in [4.78, 5) is 11.7. The minimum absolute atomic E-state index is 0.115. The summed E-state index contributed by atoms with van der Waals surface area (Å²) in [6.07, 6.45) is 2.93. The molecule has 1 saturated heterocycles. The second-order valence-corrected chi connectivity index (χ2v) is 4.30. The van der Waals surface area contributed by atoms with Gasteiger partial charge in [-0.15, -0.1) is 0 Å². The normalized spacial score (nSPS) is 19.9. The minimum Gasteiger partial charge on any atom is -0.314 e. The Hall–Kier alpha value is -1.22. The van der Waals surface area contributed by atoms with Crippen LogP contribution in [0, 0.1) is 5.82 Å². The Morgan fingerprint density at radius 3 is 2.94 bits per heavy atom. The van der Waals surface area contributed by atoms with Gasteiger partial charge in [-0.05, 0) is 31.0 Å². The predicted molar refractivity (Wildman–Crippen MR) is 60.8 cm³/mol. The fourth-order valence-corrected chi connectivity index (χ4v) is 2.13. The summed E-state index contributed by atoms with van der Waals surface area (Å²) >= 11 is 0. The molecule has 2 rings (SSSR count). The van der Waals surface area contributed by atoms with E-state index >= 15 is 0 Å². The molecule has 0 spiro atoms. The molecule has 1 unspecified atom stereocenters. The van der Waals surface area contributed by atoms with Crippen molar-refractivity contribution in [2.45, 2.75) is 31.7 Å². The summed E-state index contributed by atoms with van der Waals surface area (Å²) in [5.41, 5.74) is 0.505. The third kappa shape index (κ3) is 2.89. The second-order valence-electron chi connectivity index (χ2n) is 4.30. The number of benzene rings is 1. The van der Waals surface area contributed by atoms with E-state index in [0.29, 0.717) is 18.0 Å². The zero-order chi connectivity index (χ0) is 11.4. The molecule has 1 N–H and O–H groups in total. The van der Waals surface area contributed by atoms with E-state index in [9.17, 15) is 9.18 Å². The SMILES string of the molecule is O=C(Cc1ccccc1F)CC1CCCN1. The molecule has 1 atom stereocenters. The number of Topliss-reactive ketones (excluding diaryl/α,β-unsaturated/α-hetero) is 1. The average Bonchev–Trinajstić information content (AvgIpc) is 2.74. The lowest BCUT2D eigenvalue weighted by atomic mass is 10.0. The van der Waals surface area contributed by atoms with Crippen LogP contribution in [0.3, 0.4) is 0 Å². The monoisotopic (exact) mass is 221 g/mol. The molecule has 1 aliphatic heterocycles. The lowest BCUT2D eigenvalue weighted by Crippen LogP contribution is -2.25. The quantitative estimate of drug-likeness (QED) is 0.843. The summed E-state index contributed by atoms with van der Waals surface area (Å²) in [5.74, 6) is -0.167. The Morgan fingerprint density at radius 1 is 1.44 bits per heavy atom. The maximum atomic E-state index is 13.3. The van der Waals surface area contributed by atoms with Gasteiger partial charge in [-0.1, -0.05) is 18.2 Å². The summed E-state index contributed by atoms with van der Waals surface area (Å²) < 4.78 is 13.3. The predicted octanol–water partition coefficient (Wildman–Crippen LogP) is 2.08. The van der Waals surface area contributed by atoms with E-state index in [1.807, 2.05) is 0 Å². The van der Waals surface area contributed by atoms with Crippen LogP contribution in [0.5, 0.6) is 0 Å². The van der Waals surface area contributed by atoms with Crippen molar-refractivity contribution in [3.8, 4) is 0 Å². The average molecular weight is 221 g/mol. The van der Waals surface area contributed by atoms with Gasteiger partial charge in [-0.3, -0.25) is 4.79 Å². The number of hydrogen-bond acceptors (Lipinski definition) is 2. The fourth-order valence-electron chi connectivity index (χ4n) is 2.13. The highest BCUT2D eigenvalue weighted by molar-refractivity contribution is 5.81. The van der Waals surface area contributed by atoms with Crippen molar-refractivity contribution in [2.24, 2.45) is 0 Å². The number of halogens is 1. The smallest absolute Gasteiger partial charge is 0.138 e. The Labute approximate surface area is 94.9 Å². The molecule has 0 bridgehead atoms. The van der Waals surface area contributed by atoms with Crippen LogP contribution in [0.4, 0.5) is 4.39 Å². The number of carbonyl (C=O) groups is 1. The molecule has 86 valence electrons. The first kappa shape index (κ1) is 11.3. The van der Waals surface area contributed by atoms with Gasteiger partial charge in [0.2, 0.25) is 0 Å². The Bertz CT molecular complexity index is 372. The summed E-state index contributed by atoms with van der Waals surface area (Å²) in [6, 6.07) is 6.78. The van der Waals surface area contributed by atoms with Gasteiger partial charge in [-0.25, -0.2) is 4.39 Å². The third-order valence-electron chi connectivity index (χ3n) is 2.98. The Morgan fingerprint density at radius 2 is 2.25 bits per heavy atom. The van der Waals surface area contributed by atoms with Crippen LogP contribution >= 0.6 is 0 Å². The molecule has 1 fully saturated rings. The van der Waals surface area contributed by atoms with Crippen molar-refractivity contribution in [2.75, 3.05) is 6.54 Å². The maximum Gasteiger partial charge on any atom is 0.138 e. The van der Waals surface area contributed by atoms with Gasteiger partial charge in [0.15, 0.2) is 0 Å². The summed E-state index contributed by atoms with van der Waals surface area (Å²) in [7, 11) is 0. The molecule has 0 amide bonds. The second kappa shape index (κ2) is 5.21. The highest BCUT2D eigenvalue weighted by Gasteiger charge is 2.18. The fraction of sp³-hybridized carbons (Fsp3) is 0.462. The molecule has 1 aliphatic rings. The number of ketones is 1. The molecule has 1 heterocycles. The molecule has 0 radical (unpaired) electrons. The Kier molecular flexibility index (Phi) is 3.67. The molecule has 0 aliphatic carbocycles. The van der Waals surface area contributed by atoms with Gasteiger partial charge < -0.3 is 5.32 Å². The van der Waals surface area contributed by atoms with E-state index in [1.165, 1.54) is 6.07 Å². The minimum atomic E-state index is -0.282. The van der Waals surface area contributed by atoms with Crippen LogP contribution < -0.4 is 5.32 Å². The van der Waals surface area contributed by atoms with Crippen molar-refractivity contribution >= 4 is 5.78 Å². The lowest BCUT2D eigenvalue weighted by Gasteiger charge is -2.09. The Balaban J connectivity index is 1.89. The first-order valence-electron chi connectivity index (χ1n) is 5.74. The molecule has 0 saturated carbocycles. The van der Waals surface area contributed by atoms with Gasteiger partial charge in [0.25, 0.3) is 0 Å². The summed E-state index contributed by atoms with van der Waals surface area (Å²) in [6.45, 7) is 0.998. The highest BCUT2D eigenvalue weighted by atomic mass is 19.1. The molecule has 3 heteroatoms. The van der Waals surface area contributed by atoms with Crippen LogP contribution in [0.15, 0.2) is 24.3 Å². The van der Waals surface area contributed by atoms with Gasteiger partial charge in [0.05, 0.1) is 0 Å². The van der Waals surface area contributed by atoms with Crippen LogP contribution in [0.2, 0.25) is 0 Å². The van der Waals surface area contributed by atoms with Crippen LogP contribution in [0.1, 0.15) is 24.8 Å². The van der Waals surface area contributed by atoms with Crippen LogP contribution in [-0.4, -0.2) is 18.4 Å². The maximum absolute atomic E-state index is 13.3. The van der Waals surface area contributed by atoms with Crippen molar-refractivity contribution < 1.29 is 9.18 Å². The number of rotatable bonds is 4. The zero-order valence-corrected chi connectivity index (χ0v) is 9.21. The first-order valence-corrected chi connectivity index (χ1v) is 5.74. The van der Waals surface area contributed by atoms with Crippen molar-refractivity contribution in [3.63, 3.8) is 0 Å². The molecule has 0 aromatic heterocycles. The summed E-state index contributed by atoms with van der Waals surface area (Å²) in [5, 5.41) is 3.27. The van der Waals surface area contributed by atoms with Crippen molar-refractivity contribution in [1.29, 1.82) is 0 Å². The van der Waals surface area contributed by atoms with Gasteiger partial charge in [0.1, 0.15) is 11.6 Å². The van der Waals surface area contributed by atoms with Crippen molar-refractivity contribution in [3.05, 3.63) is 35.6 Å². The van der Waals surface area contributed by atoms with E-state index in [-0.39, 0.29) is 18.0 Å². The van der Waals surface area contributed by atoms with E-state index in [2.05, 4.69) is 5.32 Å². The largest absolute Gasteiger partial charge is 0.314 e. The van der Waals surface area contributed by atoms with Gasteiger partial charge >= 0.3 is 0 Å². The highest BCUT2D eigenvalue weighted by Crippen LogP contribution is 2.13. The van der Waals surface area contributed by atoms with E-state index in [1.54, 1.807) is 18.2 Å². The molecule has 16 heavy (non-hydrogen) atoms. The van der Waals surface area contributed by atoms with Gasteiger partial charge in [-0.2, -0.15) is 0 Å². The molecular formula is C13H16FNO. The van der Waals surface area contributed by atoms with Crippen LogP contribution in [0.25, 0.3) is 0 Å². The molecule has 1 aromatic carbocycles. The number of hydrogen-bond donors (Lipinski definition) is 1. The third-order valence-corrected chi connectivity index (χ3v) is 2.98. The lowest BCUT2D eigenvalue weighted by molar-refractivity contribution is -0.118. The van der Waals surface area contributed by atoms with Crippen molar-refractivity contribution in [1.82, 2.24) is 5.32 Å². The molecule has 2 nitrogen and oxygen atoms in total. The van der Waals surface area contributed by atoms with Gasteiger partial charge in [0, 0.05) is 18.9 Å².